The zero-order valence-corrected chi connectivity index (χ0v) is 11.2. The number of aliphatic carboxylic acids is 1. The molecule has 0 spiro atoms. The van der Waals surface area contributed by atoms with Gasteiger partial charge in [-0.3, -0.25) is 4.79 Å². The molecule has 1 fully saturated rings. The van der Waals surface area contributed by atoms with Crippen molar-refractivity contribution in [3.63, 3.8) is 0 Å². The van der Waals surface area contributed by atoms with Crippen molar-refractivity contribution in [2.45, 2.75) is 37.3 Å². The van der Waals surface area contributed by atoms with E-state index in [-0.39, 0.29) is 29.3 Å². The Morgan fingerprint density at radius 1 is 1.47 bits per heavy atom. The summed E-state index contributed by atoms with van der Waals surface area (Å²) in [4.78, 5) is 11.0. The second-order valence-corrected chi connectivity index (χ2v) is 6.30. The lowest BCUT2D eigenvalue weighted by Crippen LogP contribution is -2.40. The van der Waals surface area contributed by atoms with Gasteiger partial charge in [0, 0.05) is 13.0 Å². The molecule has 0 aromatic carbocycles. The van der Waals surface area contributed by atoms with Gasteiger partial charge in [0.05, 0.1) is 6.10 Å². The first kappa shape index (κ1) is 14.0. The smallest absolute Gasteiger partial charge is 0.322 e. The van der Waals surface area contributed by atoms with E-state index in [4.69, 9.17) is 9.63 Å². The van der Waals surface area contributed by atoms with Gasteiger partial charge in [0.25, 0.3) is 0 Å². The molecule has 0 bridgehead atoms. The third-order valence-electron chi connectivity index (χ3n) is 3.05. The highest BCUT2D eigenvalue weighted by Gasteiger charge is 2.45. The Balaban J connectivity index is 2.48. The van der Waals surface area contributed by atoms with E-state index in [2.05, 4.69) is 5.16 Å². The number of aliphatic hydroxyl groups excluding tert-OH is 1. The van der Waals surface area contributed by atoms with Crippen molar-refractivity contribution in [3.05, 3.63) is 11.5 Å². The molecule has 2 atom stereocenters. The maximum Gasteiger partial charge on any atom is 0.322 e. The molecule has 8 nitrogen and oxygen atoms in total. The topological polar surface area (TPSA) is 121 Å². The van der Waals surface area contributed by atoms with Gasteiger partial charge in [-0.15, -0.1) is 0 Å². The first-order chi connectivity index (χ1) is 8.75. The van der Waals surface area contributed by atoms with Crippen LogP contribution >= 0.6 is 0 Å². The Bertz CT molecular complexity index is 588. The number of carbonyl (C=O) groups is 1. The molecule has 0 radical (unpaired) electrons. The quantitative estimate of drug-likeness (QED) is 0.769. The number of carboxylic acids is 1. The fourth-order valence-electron chi connectivity index (χ4n) is 2.23. The lowest BCUT2D eigenvalue weighted by Gasteiger charge is -2.20. The molecule has 106 valence electrons. The number of nitrogens with zero attached hydrogens (tertiary/aromatic N) is 2. The Labute approximate surface area is 109 Å². The molecule has 19 heavy (non-hydrogen) atoms. The summed E-state index contributed by atoms with van der Waals surface area (Å²) in [6, 6.07) is -1.27. The summed E-state index contributed by atoms with van der Waals surface area (Å²) >= 11 is 0. The van der Waals surface area contributed by atoms with E-state index in [1.807, 2.05) is 0 Å². The normalized spacial score (nSPS) is 24.8. The van der Waals surface area contributed by atoms with Crippen molar-refractivity contribution in [3.8, 4) is 0 Å². The zero-order chi connectivity index (χ0) is 14.4. The first-order valence-corrected chi connectivity index (χ1v) is 7.04. The third kappa shape index (κ3) is 2.24. The Morgan fingerprint density at radius 2 is 2.11 bits per heavy atom. The number of sulfonamides is 1. The van der Waals surface area contributed by atoms with Crippen molar-refractivity contribution in [2.24, 2.45) is 0 Å². The Kier molecular flexibility index (Phi) is 3.37. The van der Waals surface area contributed by atoms with Gasteiger partial charge in [0.15, 0.2) is 5.76 Å². The van der Waals surface area contributed by atoms with Gasteiger partial charge in [0.2, 0.25) is 10.0 Å². The van der Waals surface area contributed by atoms with Crippen LogP contribution in [0.25, 0.3) is 0 Å². The van der Waals surface area contributed by atoms with Crippen LogP contribution in [0.5, 0.6) is 0 Å². The van der Waals surface area contributed by atoms with Crippen LogP contribution in [-0.4, -0.2) is 52.8 Å². The summed E-state index contributed by atoms with van der Waals surface area (Å²) in [5.74, 6) is -1.19. The largest absolute Gasteiger partial charge is 0.480 e. The van der Waals surface area contributed by atoms with Crippen molar-refractivity contribution >= 4 is 16.0 Å². The number of hydrogen-bond acceptors (Lipinski definition) is 6. The van der Waals surface area contributed by atoms with Crippen LogP contribution in [-0.2, 0) is 14.8 Å². The molecule has 0 amide bonds. The van der Waals surface area contributed by atoms with Crippen LogP contribution < -0.4 is 0 Å². The van der Waals surface area contributed by atoms with E-state index in [1.54, 1.807) is 0 Å². The van der Waals surface area contributed by atoms with E-state index in [9.17, 15) is 18.3 Å². The van der Waals surface area contributed by atoms with Crippen LogP contribution in [0.1, 0.15) is 17.9 Å². The van der Waals surface area contributed by atoms with E-state index in [0.717, 1.165) is 4.31 Å². The summed E-state index contributed by atoms with van der Waals surface area (Å²) in [6.45, 7) is 2.66. The van der Waals surface area contributed by atoms with Crippen molar-refractivity contribution in [1.82, 2.24) is 9.46 Å². The molecule has 2 rings (SSSR count). The minimum Gasteiger partial charge on any atom is -0.480 e. The maximum atomic E-state index is 12.4. The zero-order valence-electron chi connectivity index (χ0n) is 10.4. The number of aryl methyl sites for hydroxylation is 2. The first-order valence-electron chi connectivity index (χ1n) is 5.60. The standard InChI is InChI=1S/C10H14N2O6S/c1-5-9(6(2)18-11-5)19(16,17)12-4-7(13)3-8(12)10(14)15/h7-8,13H,3-4H2,1-2H3,(H,14,15)/t7-,8-/m0/s1. The molecule has 0 unspecified atom stereocenters. The number of carboxylic acid groups (broad SMARTS) is 1. The minimum atomic E-state index is -4.05. The number of hydrogen-bond donors (Lipinski definition) is 2. The highest BCUT2D eigenvalue weighted by Crippen LogP contribution is 2.29. The summed E-state index contributed by atoms with van der Waals surface area (Å²) in [5.41, 5.74) is 0.169. The predicted octanol–water partition coefficient (Wildman–Crippen LogP) is -0.500. The molecule has 2 N–H and O–H groups in total. The van der Waals surface area contributed by atoms with Gasteiger partial charge in [-0.05, 0) is 13.8 Å². The van der Waals surface area contributed by atoms with Crippen LogP contribution in [0.4, 0.5) is 0 Å². The van der Waals surface area contributed by atoms with Gasteiger partial charge in [0.1, 0.15) is 16.6 Å². The highest BCUT2D eigenvalue weighted by molar-refractivity contribution is 7.89. The molecule has 1 aliphatic heterocycles. The molecule has 1 aromatic rings. The van der Waals surface area contributed by atoms with Crippen molar-refractivity contribution < 1.29 is 27.9 Å². The van der Waals surface area contributed by atoms with E-state index in [0.29, 0.717) is 0 Å². The van der Waals surface area contributed by atoms with Crippen molar-refractivity contribution in [2.75, 3.05) is 6.54 Å². The molecule has 9 heteroatoms. The molecular weight excluding hydrogens is 276 g/mol. The minimum absolute atomic E-state index is 0.100. The van der Waals surface area contributed by atoms with Gasteiger partial charge < -0.3 is 14.7 Å². The Morgan fingerprint density at radius 3 is 2.58 bits per heavy atom. The molecule has 1 aliphatic rings. The van der Waals surface area contributed by atoms with Gasteiger partial charge >= 0.3 is 5.97 Å². The fraction of sp³-hybridized carbons (Fsp3) is 0.600. The molecule has 0 aliphatic carbocycles. The fourth-order valence-corrected chi connectivity index (χ4v) is 4.16. The molecular formula is C10H14N2O6S. The lowest BCUT2D eigenvalue weighted by molar-refractivity contribution is -0.140. The Hall–Kier alpha value is -1.45. The average Bonchev–Trinajstić information content (AvgIpc) is 2.83. The molecule has 1 aromatic heterocycles. The summed E-state index contributed by atoms with van der Waals surface area (Å²) < 4.78 is 30.5. The number of rotatable bonds is 3. The van der Waals surface area contributed by atoms with E-state index < -0.39 is 28.1 Å². The van der Waals surface area contributed by atoms with Crippen molar-refractivity contribution in [1.29, 1.82) is 0 Å². The summed E-state index contributed by atoms with van der Waals surface area (Å²) in [7, 11) is -4.05. The van der Waals surface area contributed by atoms with Crippen LogP contribution in [0, 0.1) is 13.8 Å². The summed E-state index contributed by atoms with van der Waals surface area (Å²) in [5, 5.41) is 22.1. The molecule has 2 heterocycles. The second kappa shape index (κ2) is 4.58. The number of aliphatic hydroxyl groups is 1. The second-order valence-electron chi connectivity index (χ2n) is 4.47. The lowest BCUT2D eigenvalue weighted by atomic mass is 10.2. The van der Waals surface area contributed by atoms with Gasteiger partial charge in [-0.25, -0.2) is 8.42 Å². The highest BCUT2D eigenvalue weighted by atomic mass is 32.2. The molecule has 0 saturated carbocycles. The monoisotopic (exact) mass is 290 g/mol. The van der Waals surface area contributed by atoms with E-state index >= 15 is 0 Å². The average molecular weight is 290 g/mol. The number of aromatic nitrogens is 1. The summed E-state index contributed by atoms with van der Waals surface area (Å²) in [6.07, 6.45) is -1.12. The predicted molar refractivity (Wildman–Crippen MR) is 61.9 cm³/mol. The van der Waals surface area contributed by atoms with Gasteiger partial charge in [-0.1, -0.05) is 5.16 Å². The number of β-amino-alcohol motifs (C(OH)–C–C–N with tert-alkyl or cyclic N) is 1. The van der Waals surface area contributed by atoms with Crippen LogP contribution in [0.15, 0.2) is 9.42 Å². The van der Waals surface area contributed by atoms with Gasteiger partial charge in [-0.2, -0.15) is 4.31 Å². The SMILES string of the molecule is Cc1noc(C)c1S(=O)(=O)N1C[C@@H](O)C[C@H]1C(=O)O. The third-order valence-corrected chi connectivity index (χ3v) is 5.17. The van der Waals surface area contributed by atoms with E-state index in [1.165, 1.54) is 13.8 Å². The van der Waals surface area contributed by atoms with Crippen LogP contribution in [0.2, 0.25) is 0 Å². The maximum absolute atomic E-state index is 12.4. The van der Waals surface area contributed by atoms with Crippen LogP contribution in [0.3, 0.4) is 0 Å². The molecule has 1 saturated heterocycles.